The van der Waals surface area contributed by atoms with Crippen molar-refractivity contribution in [3.8, 4) is 10.6 Å². The van der Waals surface area contributed by atoms with Gasteiger partial charge in [0.05, 0.1) is 16.1 Å². The van der Waals surface area contributed by atoms with E-state index >= 15 is 0 Å². The zero-order valence-corrected chi connectivity index (χ0v) is 8.93. The Bertz CT molecular complexity index is 468. The number of anilines is 1. The fourth-order valence-corrected chi connectivity index (χ4v) is 1.94. The Morgan fingerprint density at radius 3 is 2.79 bits per heavy atom. The summed E-state index contributed by atoms with van der Waals surface area (Å²) >= 11 is 7.24. The van der Waals surface area contributed by atoms with Crippen molar-refractivity contribution in [1.29, 1.82) is 0 Å². The zero-order chi connectivity index (χ0) is 10.1. The van der Waals surface area contributed by atoms with E-state index in [0.717, 1.165) is 9.88 Å². The first kappa shape index (κ1) is 9.36. The van der Waals surface area contributed by atoms with Crippen LogP contribution in [0.5, 0.6) is 0 Å². The highest BCUT2D eigenvalue weighted by molar-refractivity contribution is 7.15. The number of nitrogens with two attached hydrogens (primary N) is 1. The third kappa shape index (κ3) is 1.69. The monoisotopic (exact) mass is 226 g/mol. The first-order chi connectivity index (χ1) is 6.66. The van der Waals surface area contributed by atoms with Crippen LogP contribution in [0.4, 0.5) is 5.82 Å². The summed E-state index contributed by atoms with van der Waals surface area (Å²) in [7, 11) is 0. The van der Waals surface area contributed by atoms with Crippen molar-refractivity contribution >= 4 is 28.8 Å². The van der Waals surface area contributed by atoms with E-state index in [-0.39, 0.29) is 0 Å². The van der Waals surface area contributed by atoms with Gasteiger partial charge >= 0.3 is 0 Å². The van der Waals surface area contributed by atoms with Gasteiger partial charge < -0.3 is 5.73 Å². The molecule has 6 heteroatoms. The van der Waals surface area contributed by atoms with Gasteiger partial charge in [0.15, 0.2) is 5.82 Å². The second kappa shape index (κ2) is 3.51. The molecule has 72 valence electrons. The van der Waals surface area contributed by atoms with Crippen molar-refractivity contribution in [3.05, 3.63) is 22.6 Å². The molecule has 0 fully saturated rings. The Labute approximate surface area is 89.8 Å². The van der Waals surface area contributed by atoms with Gasteiger partial charge in [0, 0.05) is 6.20 Å². The minimum absolute atomic E-state index is 0.334. The first-order valence-electron chi connectivity index (χ1n) is 3.87. The molecule has 0 unspecified atom stereocenters. The number of thiazole rings is 1. The van der Waals surface area contributed by atoms with Gasteiger partial charge in [0.2, 0.25) is 0 Å². The van der Waals surface area contributed by atoms with Crippen molar-refractivity contribution in [2.75, 3.05) is 5.73 Å². The van der Waals surface area contributed by atoms with Crippen LogP contribution in [0.1, 0.15) is 5.01 Å². The Hall–Kier alpha value is -1.20. The first-order valence-corrected chi connectivity index (χ1v) is 5.07. The van der Waals surface area contributed by atoms with Gasteiger partial charge in [-0.1, -0.05) is 11.6 Å². The van der Waals surface area contributed by atoms with Crippen molar-refractivity contribution in [1.82, 2.24) is 15.0 Å². The Morgan fingerprint density at radius 1 is 1.36 bits per heavy atom. The van der Waals surface area contributed by atoms with Crippen LogP contribution < -0.4 is 5.73 Å². The van der Waals surface area contributed by atoms with Crippen molar-refractivity contribution < 1.29 is 0 Å². The van der Waals surface area contributed by atoms with Gasteiger partial charge in [-0.05, 0) is 6.92 Å². The number of aromatic nitrogens is 3. The molecule has 0 bridgehead atoms. The molecule has 2 aromatic rings. The maximum atomic E-state index is 5.73. The number of halogens is 1. The second-order valence-corrected chi connectivity index (χ2v) is 4.29. The lowest BCUT2D eigenvalue weighted by Crippen LogP contribution is -1.95. The van der Waals surface area contributed by atoms with E-state index in [1.807, 2.05) is 6.92 Å². The summed E-state index contributed by atoms with van der Waals surface area (Å²) in [5, 5.41) is 1.29. The molecule has 0 amide bonds. The zero-order valence-electron chi connectivity index (χ0n) is 7.36. The van der Waals surface area contributed by atoms with Crippen LogP contribution >= 0.6 is 22.9 Å². The van der Waals surface area contributed by atoms with Crippen LogP contribution in [0.15, 0.2) is 12.4 Å². The van der Waals surface area contributed by atoms with Crippen LogP contribution in [0.25, 0.3) is 10.6 Å². The number of hydrogen-bond donors (Lipinski definition) is 1. The molecular weight excluding hydrogens is 220 g/mol. The van der Waals surface area contributed by atoms with E-state index in [9.17, 15) is 0 Å². The predicted octanol–water partition coefficient (Wildman–Crippen LogP) is 2.14. The molecule has 0 aliphatic carbocycles. The molecule has 0 aliphatic heterocycles. The highest BCUT2D eigenvalue weighted by Gasteiger charge is 2.09. The molecular formula is C8H7ClN4S. The molecule has 0 saturated heterocycles. The van der Waals surface area contributed by atoms with E-state index in [4.69, 9.17) is 17.3 Å². The molecule has 0 radical (unpaired) electrons. The van der Waals surface area contributed by atoms with Gasteiger partial charge in [0.25, 0.3) is 0 Å². The summed E-state index contributed by atoms with van der Waals surface area (Å²) in [4.78, 5) is 13.0. The SMILES string of the molecule is Cc1ncc(-c2nc(Cl)cnc2N)s1. The number of nitrogens with zero attached hydrogens (tertiary/aromatic N) is 3. The maximum absolute atomic E-state index is 5.73. The van der Waals surface area contributed by atoms with Crippen LogP contribution in [0.3, 0.4) is 0 Å². The van der Waals surface area contributed by atoms with Crippen LogP contribution in [-0.2, 0) is 0 Å². The highest BCUT2D eigenvalue weighted by Crippen LogP contribution is 2.28. The average molecular weight is 227 g/mol. The molecule has 0 saturated carbocycles. The van der Waals surface area contributed by atoms with Crippen molar-refractivity contribution in [2.45, 2.75) is 6.92 Å². The molecule has 4 nitrogen and oxygen atoms in total. The van der Waals surface area contributed by atoms with Gasteiger partial charge in [-0.25, -0.2) is 15.0 Å². The maximum Gasteiger partial charge on any atom is 0.151 e. The van der Waals surface area contributed by atoms with E-state index in [0.29, 0.717) is 16.7 Å². The smallest absolute Gasteiger partial charge is 0.151 e. The molecule has 2 rings (SSSR count). The Morgan fingerprint density at radius 2 is 2.14 bits per heavy atom. The average Bonchev–Trinajstić information content (AvgIpc) is 2.56. The standard InChI is InChI=1S/C8H7ClN4S/c1-4-11-2-5(14-4)7-8(10)12-3-6(9)13-7/h2-3H,1H3,(H2,10,12). The van der Waals surface area contributed by atoms with Crippen LogP contribution in [0, 0.1) is 6.92 Å². The molecule has 2 N–H and O–H groups in total. The number of nitrogen functional groups attached to an aromatic ring is 1. The van der Waals surface area contributed by atoms with Gasteiger partial charge in [0.1, 0.15) is 10.8 Å². The number of rotatable bonds is 1. The Kier molecular flexibility index (Phi) is 2.35. The van der Waals surface area contributed by atoms with E-state index in [2.05, 4.69) is 15.0 Å². The number of aryl methyl sites for hydroxylation is 1. The van der Waals surface area contributed by atoms with Gasteiger partial charge in [-0.3, -0.25) is 0 Å². The van der Waals surface area contributed by atoms with Crippen LogP contribution in [-0.4, -0.2) is 15.0 Å². The lowest BCUT2D eigenvalue weighted by atomic mass is 10.4. The molecule has 0 spiro atoms. The Balaban J connectivity index is 2.55. The molecule has 0 atom stereocenters. The highest BCUT2D eigenvalue weighted by atomic mass is 35.5. The van der Waals surface area contributed by atoms with Gasteiger partial charge in [-0.2, -0.15) is 0 Å². The summed E-state index contributed by atoms with van der Waals surface area (Å²) in [6.45, 7) is 1.92. The lowest BCUT2D eigenvalue weighted by molar-refractivity contribution is 1.22. The third-order valence-corrected chi connectivity index (χ3v) is 2.73. The minimum Gasteiger partial charge on any atom is -0.382 e. The van der Waals surface area contributed by atoms with Crippen molar-refractivity contribution in [3.63, 3.8) is 0 Å². The summed E-state index contributed by atoms with van der Waals surface area (Å²) in [6, 6.07) is 0. The fourth-order valence-electron chi connectivity index (χ4n) is 1.03. The normalized spacial score (nSPS) is 10.4. The van der Waals surface area contributed by atoms with Crippen LogP contribution in [0.2, 0.25) is 5.15 Å². The molecule has 2 aromatic heterocycles. The molecule has 0 aliphatic rings. The lowest BCUT2D eigenvalue weighted by Gasteiger charge is -1.99. The largest absolute Gasteiger partial charge is 0.382 e. The summed E-state index contributed by atoms with van der Waals surface area (Å²) < 4.78 is 0. The fraction of sp³-hybridized carbons (Fsp3) is 0.125. The summed E-state index contributed by atoms with van der Waals surface area (Å²) in [5.74, 6) is 0.373. The van der Waals surface area contributed by atoms with E-state index in [1.165, 1.54) is 17.5 Å². The van der Waals surface area contributed by atoms with Gasteiger partial charge in [-0.15, -0.1) is 11.3 Å². The van der Waals surface area contributed by atoms with Crippen molar-refractivity contribution in [2.24, 2.45) is 0 Å². The van der Waals surface area contributed by atoms with E-state index in [1.54, 1.807) is 6.20 Å². The molecule has 2 heterocycles. The van der Waals surface area contributed by atoms with E-state index < -0.39 is 0 Å². The predicted molar refractivity (Wildman–Crippen MR) is 57.3 cm³/mol. The topological polar surface area (TPSA) is 64.7 Å². The molecule has 14 heavy (non-hydrogen) atoms. The minimum atomic E-state index is 0.334. The second-order valence-electron chi connectivity index (χ2n) is 2.67. The summed E-state index contributed by atoms with van der Waals surface area (Å²) in [5.41, 5.74) is 6.28. The molecule has 0 aromatic carbocycles. The quantitative estimate of drug-likeness (QED) is 0.809. The third-order valence-electron chi connectivity index (χ3n) is 1.63. The number of hydrogen-bond acceptors (Lipinski definition) is 5. The summed E-state index contributed by atoms with van der Waals surface area (Å²) in [6.07, 6.45) is 3.14.